The van der Waals surface area contributed by atoms with Crippen LogP contribution in [0.4, 0.5) is 28.9 Å². The van der Waals surface area contributed by atoms with Gasteiger partial charge in [-0.15, -0.1) is 0 Å². The lowest BCUT2D eigenvalue weighted by Gasteiger charge is -2.12. The van der Waals surface area contributed by atoms with Crippen LogP contribution in [-0.2, 0) is 16.2 Å². The number of carbonyl (C=O) groups excluding carboxylic acids is 1. The number of alkyl halides is 3. The van der Waals surface area contributed by atoms with Crippen molar-refractivity contribution in [1.82, 2.24) is 5.43 Å². The highest BCUT2D eigenvalue weighted by Crippen LogP contribution is 2.30. The quantitative estimate of drug-likeness (QED) is 0.362. The van der Waals surface area contributed by atoms with Crippen molar-refractivity contribution in [3.8, 4) is 0 Å². The minimum absolute atomic E-state index is 0.0344. The summed E-state index contributed by atoms with van der Waals surface area (Å²) in [7, 11) is -3.97. The summed E-state index contributed by atoms with van der Waals surface area (Å²) >= 11 is 0. The first kappa shape index (κ1) is 23.1. The summed E-state index contributed by atoms with van der Waals surface area (Å²) in [6.07, 6.45) is -4.52. The average molecular weight is 467 g/mol. The van der Waals surface area contributed by atoms with E-state index in [-0.39, 0.29) is 27.4 Å². The second-order valence-corrected chi connectivity index (χ2v) is 8.43. The Hall–Kier alpha value is -3.60. The predicted molar refractivity (Wildman–Crippen MR) is 111 cm³/mol. The molecule has 168 valence electrons. The summed E-state index contributed by atoms with van der Waals surface area (Å²) in [4.78, 5) is 12.1. The molecule has 0 aliphatic rings. The van der Waals surface area contributed by atoms with E-state index in [1.165, 1.54) is 49.4 Å². The van der Waals surface area contributed by atoms with E-state index < -0.39 is 33.5 Å². The number of amides is 1. The van der Waals surface area contributed by atoms with Gasteiger partial charge in [-0.25, -0.2) is 12.8 Å². The van der Waals surface area contributed by atoms with Crippen LogP contribution >= 0.6 is 0 Å². The molecule has 0 bridgehead atoms. The van der Waals surface area contributed by atoms with Crippen molar-refractivity contribution in [2.75, 3.05) is 10.1 Å². The van der Waals surface area contributed by atoms with E-state index >= 15 is 0 Å². The first-order chi connectivity index (χ1) is 15.0. The Labute approximate surface area is 181 Å². The van der Waals surface area contributed by atoms with E-state index in [4.69, 9.17) is 0 Å². The standard InChI is InChI=1S/C21H17F4N3O3S/c1-13-11-18(9-10-19(13)22)32(30,31)28-16-7-5-14(6-8-16)20(29)27-26-17-4-2-3-15(12-17)21(23,24)25/h2-12,26,28H,1H3,(H,27,29). The summed E-state index contributed by atoms with van der Waals surface area (Å²) in [5.41, 5.74) is 4.30. The van der Waals surface area contributed by atoms with Gasteiger partial charge in [0.1, 0.15) is 5.82 Å². The number of hydrazine groups is 1. The summed E-state index contributed by atoms with van der Waals surface area (Å²) in [6, 6.07) is 13.0. The molecule has 3 aromatic carbocycles. The van der Waals surface area contributed by atoms with Crippen LogP contribution in [0, 0.1) is 12.7 Å². The lowest BCUT2D eigenvalue weighted by molar-refractivity contribution is -0.137. The highest BCUT2D eigenvalue weighted by molar-refractivity contribution is 7.92. The Morgan fingerprint density at radius 2 is 1.59 bits per heavy atom. The van der Waals surface area contributed by atoms with E-state index in [2.05, 4.69) is 15.6 Å². The van der Waals surface area contributed by atoms with E-state index in [0.29, 0.717) is 0 Å². The van der Waals surface area contributed by atoms with Crippen molar-refractivity contribution in [1.29, 1.82) is 0 Å². The van der Waals surface area contributed by atoms with Gasteiger partial charge in [-0.2, -0.15) is 13.2 Å². The van der Waals surface area contributed by atoms with Gasteiger partial charge in [0.05, 0.1) is 16.1 Å². The number of sulfonamides is 1. The third kappa shape index (κ3) is 5.55. The number of aryl methyl sites for hydroxylation is 1. The first-order valence-corrected chi connectivity index (χ1v) is 10.6. The van der Waals surface area contributed by atoms with E-state index in [0.717, 1.165) is 24.3 Å². The second-order valence-electron chi connectivity index (χ2n) is 6.75. The largest absolute Gasteiger partial charge is 0.416 e. The van der Waals surface area contributed by atoms with Gasteiger partial charge in [0.2, 0.25) is 0 Å². The molecule has 0 aliphatic carbocycles. The number of carbonyl (C=O) groups is 1. The number of nitrogens with one attached hydrogen (secondary N) is 3. The number of hydrogen-bond donors (Lipinski definition) is 3. The molecule has 0 radical (unpaired) electrons. The smallest absolute Gasteiger partial charge is 0.298 e. The van der Waals surface area contributed by atoms with Crippen molar-refractivity contribution in [2.24, 2.45) is 0 Å². The Bertz CT molecular complexity index is 1240. The number of halogens is 4. The van der Waals surface area contributed by atoms with Crippen molar-refractivity contribution in [2.45, 2.75) is 18.0 Å². The van der Waals surface area contributed by atoms with E-state index in [9.17, 15) is 30.8 Å². The third-order valence-electron chi connectivity index (χ3n) is 4.35. The normalized spacial score (nSPS) is 11.7. The zero-order chi connectivity index (χ0) is 23.5. The zero-order valence-corrected chi connectivity index (χ0v) is 17.3. The fourth-order valence-corrected chi connectivity index (χ4v) is 3.81. The number of hydrogen-bond acceptors (Lipinski definition) is 4. The summed E-state index contributed by atoms with van der Waals surface area (Å²) in [5, 5.41) is 0. The first-order valence-electron chi connectivity index (χ1n) is 9.08. The fourth-order valence-electron chi connectivity index (χ4n) is 2.66. The monoisotopic (exact) mass is 467 g/mol. The fraction of sp³-hybridized carbons (Fsp3) is 0.0952. The summed E-state index contributed by atoms with van der Waals surface area (Å²) in [6.45, 7) is 1.44. The molecule has 3 rings (SSSR count). The molecule has 0 saturated heterocycles. The van der Waals surface area contributed by atoms with Gasteiger partial charge in [0.25, 0.3) is 15.9 Å². The molecule has 0 spiro atoms. The topological polar surface area (TPSA) is 87.3 Å². The molecule has 0 saturated carbocycles. The molecule has 0 atom stereocenters. The minimum Gasteiger partial charge on any atom is -0.298 e. The molecule has 0 aliphatic heterocycles. The van der Waals surface area contributed by atoms with Crippen LogP contribution in [0.3, 0.4) is 0 Å². The van der Waals surface area contributed by atoms with E-state index in [1.54, 1.807) is 0 Å². The Morgan fingerprint density at radius 1 is 0.906 bits per heavy atom. The highest BCUT2D eigenvalue weighted by atomic mass is 32.2. The van der Waals surface area contributed by atoms with Gasteiger partial charge >= 0.3 is 6.18 Å². The molecular weight excluding hydrogens is 450 g/mol. The number of rotatable bonds is 6. The Balaban J connectivity index is 1.65. The minimum atomic E-state index is -4.52. The van der Waals surface area contributed by atoms with Crippen molar-refractivity contribution in [3.05, 3.63) is 89.2 Å². The number of anilines is 2. The van der Waals surface area contributed by atoms with Crippen LogP contribution in [-0.4, -0.2) is 14.3 Å². The van der Waals surface area contributed by atoms with Crippen LogP contribution < -0.4 is 15.6 Å². The van der Waals surface area contributed by atoms with Crippen molar-refractivity contribution >= 4 is 27.3 Å². The van der Waals surface area contributed by atoms with Crippen LogP contribution in [0.25, 0.3) is 0 Å². The van der Waals surface area contributed by atoms with Crippen LogP contribution in [0.15, 0.2) is 71.6 Å². The zero-order valence-electron chi connectivity index (χ0n) is 16.5. The maximum absolute atomic E-state index is 13.4. The molecule has 32 heavy (non-hydrogen) atoms. The summed E-state index contributed by atoms with van der Waals surface area (Å²) < 4.78 is 78.8. The van der Waals surface area contributed by atoms with Gasteiger partial charge in [-0.1, -0.05) is 6.07 Å². The molecule has 0 unspecified atom stereocenters. The maximum atomic E-state index is 13.4. The molecule has 11 heteroatoms. The predicted octanol–water partition coefficient (Wildman–Crippen LogP) is 4.71. The Morgan fingerprint density at radius 3 is 2.22 bits per heavy atom. The average Bonchev–Trinajstić information content (AvgIpc) is 2.74. The van der Waals surface area contributed by atoms with Gasteiger partial charge in [-0.05, 0) is 73.2 Å². The van der Waals surface area contributed by atoms with Crippen LogP contribution in [0.1, 0.15) is 21.5 Å². The SMILES string of the molecule is Cc1cc(S(=O)(=O)Nc2ccc(C(=O)NNc3cccc(C(F)(F)F)c3)cc2)ccc1F. The van der Waals surface area contributed by atoms with Gasteiger partial charge in [0, 0.05) is 11.3 Å². The molecule has 3 N–H and O–H groups in total. The molecule has 1 amide bonds. The molecule has 6 nitrogen and oxygen atoms in total. The van der Waals surface area contributed by atoms with Crippen LogP contribution in [0.5, 0.6) is 0 Å². The second kappa shape index (κ2) is 8.87. The lowest BCUT2D eigenvalue weighted by atomic mass is 10.2. The summed E-state index contributed by atoms with van der Waals surface area (Å²) in [5.74, 6) is -1.18. The lowest BCUT2D eigenvalue weighted by Crippen LogP contribution is -2.29. The van der Waals surface area contributed by atoms with E-state index in [1.807, 2.05) is 0 Å². The number of benzene rings is 3. The maximum Gasteiger partial charge on any atom is 0.416 e. The van der Waals surface area contributed by atoms with Crippen molar-refractivity contribution < 1.29 is 30.8 Å². The molecule has 3 aromatic rings. The molecular formula is C21H17F4N3O3S. The van der Waals surface area contributed by atoms with Gasteiger partial charge < -0.3 is 0 Å². The third-order valence-corrected chi connectivity index (χ3v) is 5.73. The Kier molecular flexibility index (Phi) is 6.40. The molecule has 0 fully saturated rings. The van der Waals surface area contributed by atoms with Crippen LogP contribution in [0.2, 0.25) is 0 Å². The molecule has 0 aromatic heterocycles. The molecule has 0 heterocycles. The van der Waals surface area contributed by atoms with Crippen molar-refractivity contribution in [3.63, 3.8) is 0 Å². The highest BCUT2D eigenvalue weighted by Gasteiger charge is 2.30. The van der Waals surface area contributed by atoms with Gasteiger partial charge in [0.15, 0.2) is 0 Å². The van der Waals surface area contributed by atoms with Gasteiger partial charge in [-0.3, -0.25) is 20.4 Å².